The molecule has 0 bridgehead atoms. The van der Waals surface area contributed by atoms with Gasteiger partial charge in [-0.3, -0.25) is 14.7 Å². The molecule has 2 saturated heterocycles. The number of amides is 1. The molecule has 246 valence electrons. The first kappa shape index (κ1) is 32.3. The summed E-state index contributed by atoms with van der Waals surface area (Å²) in [6, 6.07) is 7.91. The van der Waals surface area contributed by atoms with Crippen molar-refractivity contribution < 1.29 is 37.7 Å². The van der Waals surface area contributed by atoms with Crippen molar-refractivity contribution in [3.8, 4) is 5.75 Å². The molecular formula is C33H33F2N5O6S. The van der Waals surface area contributed by atoms with Gasteiger partial charge >= 0.3 is 11.9 Å². The van der Waals surface area contributed by atoms with Crippen molar-refractivity contribution in [3.05, 3.63) is 86.8 Å². The normalized spacial score (nSPS) is 22.9. The fourth-order valence-corrected chi connectivity index (χ4v) is 7.01. The number of esters is 1. The molecule has 4 heterocycles. The number of rotatable bonds is 9. The van der Waals surface area contributed by atoms with E-state index in [1.54, 1.807) is 37.6 Å². The van der Waals surface area contributed by atoms with E-state index < -0.39 is 41.3 Å². The molecule has 3 aromatic rings. The van der Waals surface area contributed by atoms with E-state index in [1.165, 1.54) is 47.6 Å². The highest BCUT2D eigenvalue weighted by Gasteiger charge is 2.57. The van der Waals surface area contributed by atoms with E-state index in [-0.39, 0.29) is 61.8 Å². The number of carbonyl (C=O) groups excluding carboxylic acids is 2. The highest BCUT2D eigenvalue weighted by atomic mass is 32.1. The Labute approximate surface area is 273 Å². The van der Waals surface area contributed by atoms with Crippen LogP contribution in [0.1, 0.15) is 45.9 Å². The van der Waals surface area contributed by atoms with Crippen LogP contribution in [0, 0.1) is 18.7 Å². The average molecular weight is 666 g/mol. The number of benzene rings is 2. The molecule has 0 radical (unpaired) electrons. The number of carboxylic acids is 1. The predicted octanol–water partition coefficient (Wildman–Crippen LogP) is 4.28. The fraction of sp³-hybridized carbons (Fsp3) is 0.364. The monoisotopic (exact) mass is 665 g/mol. The lowest BCUT2D eigenvalue weighted by atomic mass is 9.84. The standard InChI is InChI=1S/C33H33F2N5O6S/c1-4-46-31(43)26-25(37-28(29-36-9-11-47-29)38-27(26)23-6-5-7-24(34)18(23)2)17-39-10-8-33(35)20(15-39)16-40(32(33)44)21-12-19(30(41)42)13-22(14-21)45-3/h5-7,9,11-14,20,27H,4,8,10,15-17H2,1-3H3,(H,37,38)(H,41,42)/t20-,27-,33+/m0/s1. The van der Waals surface area contributed by atoms with Crippen molar-refractivity contribution in [1.29, 1.82) is 0 Å². The maximum absolute atomic E-state index is 16.5. The number of ether oxygens (including phenoxy) is 2. The van der Waals surface area contributed by atoms with Gasteiger partial charge in [0.25, 0.3) is 5.91 Å². The van der Waals surface area contributed by atoms with Crippen LogP contribution in [0.25, 0.3) is 0 Å². The number of halogens is 2. The number of piperidine rings is 1. The number of hydrogen-bond acceptors (Lipinski definition) is 10. The first-order valence-corrected chi connectivity index (χ1v) is 16.0. The van der Waals surface area contributed by atoms with E-state index in [0.29, 0.717) is 27.7 Å². The number of amidine groups is 1. The van der Waals surface area contributed by atoms with Gasteiger partial charge in [-0.1, -0.05) is 12.1 Å². The van der Waals surface area contributed by atoms with E-state index in [9.17, 15) is 23.9 Å². The molecule has 3 aliphatic heterocycles. The Morgan fingerprint density at radius 2 is 2.04 bits per heavy atom. The van der Waals surface area contributed by atoms with E-state index in [2.05, 4.69) is 10.3 Å². The highest BCUT2D eigenvalue weighted by molar-refractivity contribution is 7.11. The summed E-state index contributed by atoms with van der Waals surface area (Å²) in [7, 11) is 1.38. The second kappa shape index (κ2) is 12.8. The van der Waals surface area contributed by atoms with Crippen LogP contribution in [0.2, 0.25) is 0 Å². The van der Waals surface area contributed by atoms with Gasteiger partial charge in [0, 0.05) is 67.5 Å². The number of thiazole rings is 1. The van der Waals surface area contributed by atoms with Crippen LogP contribution in [-0.2, 0) is 14.3 Å². The molecule has 0 spiro atoms. The number of aliphatic imine (C=N–C) groups is 1. The summed E-state index contributed by atoms with van der Waals surface area (Å²) in [5.41, 5.74) is -0.489. The van der Waals surface area contributed by atoms with E-state index in [1.807, 2.05) is 4.90 Å². The Hall–Kier alpha value is -4.69. The molecule has 1 amide bonds. The minimum absolute atomic E-state index is 0.0200. The number of nitrogens with one attached hydrogen (secondary N) is 1. The molecule has 11 nitrogen and oxygen atoms in total. The van der Waals surface area contributed by atoms with Crippen molar-refractivity contribution in [3.63, 3.8) is 0 Å². The molecule has 14 heteroatoms. The van der Waals surface area contributed by atoms with Gasteiger partial charge in [-0.05, 0) is 43.2 Å². The molecular weight excluding hydrogens is 632 g/mol. The molecule has 0 saturated carbocycles. The number of carbonyl (C=O) groups is 3. The fourth-order valence-electron chi connectivity index (χ4n) is 6.42. The van der Waals surface area contributed by atoms with Gasteiger partial charge < -0.3 is 24.8 Å². The minimum atomic E-state index is -2.16. The van der Waals surface area contributed by atoms with Crippen LogP contribution in [0.15, 0.2) is 64.2 Å². The van der Waals surface area contributed by atoms with Crippen LogP contribution >= 0.6 is 11.3 Å². The van der Waals surface area contributed by atoms with Crippen molar-refractivity contribution in [1.82, 2.24) is 15.2 Å². The quantitative estimate of drug-likeness (QED) is 0.322. The molecule has 2 fully saturated rings. The average Bonchev–Trinajstić information content (AvgIpc) is 3.69. The molecule has 2 aromatic carbocycles. The molecule has 0 unspecified atom stereocenters. The first-order chi connectivity index (χ1) is 22.5. The smallest absolute Gasteiger partial charge is 0.338 e. The summed E-state index contributed by atoms with van der Waals surface area (Å²) in [6.45, 7) is 3.97. The molecule has 3 aliphatic rings. The van der Waals surface area contributed by atoms with Crippen LogP contribution in [0.4, 0.5) is 14.5 Å². The van der Waals surface area contributed by atoms with Gasteiger partial charge in [-0.25, -0.2) is 23.4 Å². The number of aromatic carboxylic acids is 1. The number of nitrogens with zero attached hydrogens (tertiary/aromatic N) is 4. The van der Waals surface area contributed by atoms with Crippen LogP contribution in [0.5, 0.6) is 5.75 Å². The Kier molecular flexibility index (Phi) is 8.81. The maximum atomic E-state index is 16.5. The van der Waals surface area contributed by atoms with Crippen LogP contribution in [0.3, 0.4) is 0 Å². The number of aromatic nitrogens is 1. The van der Waals surface area contributed by atoms with Crippen molar-refractivity contribution >= 4 is 40.7 Å². The summed E-state index contributed by atoms with van der Waals surface area (Å²) in [4.78, 5) is 51.2. The first-order valence-electron chi connectivity index (χ1n) is 15.1. The predicted molar refractivity (Wildman–Crippen MR) is 170 cm³/mol. The summed E-state index contributed by atoms with van der Waals surface area (Å²) in [5, 5.41) is 15.2. The number of fused-ring (bicyclic) bond motifs is 1. The van der Waals surface area contributed by atoms with Crippen molar-refractivity contribution in [2.45, 2.75) is 32.0 Å². The lowest BCUT2D eigenvalue weighted by Crippen LogP contribution is -2.52. The summed E-state index contributed by atoms with van der Waals surface area (Å²) >= 11 is 1.35. The zero-order valence-corrected chi connectivity index (χ0v) is 26.8. The second-order valence-electron chi connectivity index (χ2n) is 11.6. The number of alkyl halides is 1. The maximum Gasteiger partial charge on any atom is 0.338 e. The number of methoxy groups -OCH3 is 1. The van der Waals surface area contributed by atoms with Crippen molar-refractivity contribution in [2.75, 3.05) is 44.8 Å². The Balaban J connectivity index is 1.33. The van der Waals surface area contributed by atoms with Gasteiger partial charge in [0.15, 0.2) is 16.5 Å². The third-order valence-corrected chi connectivity index (χ3v) is 9.63. The van der Waals surface area contributed by atoms with Gasteiger partial charge in [0.1, 0.15) is 17.6 Å². The number of carboxylic acid groups (broad SMARTS) is 1. The Bertz CT molecular complexity index is 1800. The number of hydrogen-bond donors (Lipinski definition) is 2. The SMILES string of the molecule is CCOC(=O)C1=C(CN2CC[C@]3(F)C(=O)N(c4cc(OC)cc(C(=O)O)c4)C[C@@H]3C2)NC(c2nccs2)=N[C@H]1c1cccc(F)c1C. The lowest BCUT2D eigenvalue weighted by Gasteiger charge is -2.38. The van der Waals surface area contributed by atoms with Crippen LogP contribution < -0.4 is 15.0 Å². The van der Waals surface area contributed by atoms with Gasteiger partial charge in [0.05, 0.1) is 24.9 Å². The van der Waals surface area contributed by atoms with Gasteiger partial charge in [0.2, 0.25) is 0 Å². The lowest BCUT2D eigenvalue weighted by molar-refractivity contribution is -0.139. The van der Waals surface area contributed by atoms with Gasteiger partial charge in [-0.2, -0.15) is 0 Å². The third kappa shape index (κ3) is 5.98. The number of likely N-dealkylation sites (tertiary alicyclic amines) is 1. The topological polar surface area (TPSA) is 134 Å². The molecule has 3 atom stereocenters. The van der Waals surface area contributed by atoms with Crippen molar-refractivity contribution in [2.24, 2.45) is 10.9 Å². The highest BCUT2D eigenvalue weighted by Crippen LogP contribution is 2.43. The summed E-state index contributed by atoms with van der Waals surface area (Å²) in [5.74, 6) is -3.08. The Morgan fingerprint density at radius 1 is 1.23 bits per heavy atom. The van der Waals surface area contributed by atoms with E-state index in [0.717, 1.165) is 0 Å². The summed E-state index contributed by atoms with van der Waals surface area (Å²) < 4.78 is 42.0. The number of anilines is 1. The molecule has 1 aromatic heterocycles. The molecule has 0 aliphatic carbocycles. The largest absolute Gasteiger partial charge is 0.497 e. The van der Waals surface area contributed by atoms with Gasteiger partial charge in [-0.15, -0.1) is 11.3 Å². The van der Waals surface area contributed by atoms with Crippen LogP contribution in [-0.4, -0.2) is 84.2 Å². The Morgan fingerprint density at radius 3 is 2.74 bits per heavy atom. The minimum Gasteiger partial charge on any atom is -0.497 e. The van der Waals surface area contributed by atoms with E-state index in [4.69, 9.17) is 14.5 Å². The zero-order chi connectivity index (χ0) is 33.5. The molecule has 6 rings (SSSR count). The zero-order valence-electron chi connectivity index (χ0n) is 26.0. The molecule has 2 N–H and O–H groups in total. The van der Waals surface area contributed by atoms with E-state index >= 15 is 4.39 Å². The second-order valence-corrected chi connectivity index (χ2v) is 12.5. The third-order valence-electron chi connectivity index (χ3n) is 8.85. The molecule has 47 heavy (non-hydrogen) atoms. The summed E-state index contributed by atoms with van der Waals surface area (Å²) in [6.07, 6.45) is 1.53.